The number of fused-ring (bicyclic) bond motifs is 1. The van der Waals surface area contributed by atoms with Crippen molar-refractivity contribution in [2.75, 3.05) is 24.5 Å². The third-order valence-electron chi connectivity index (χ3n) is 3.14. The van der Waals surface area contributed by atoms with E-state index in [1.54, 1.807) is 0 Å². The molecule has 19 heavy (non-hydrogen) atoms. The SMILES string of the molecule is CC(C)CN(CCCN)c1nccc2c1ncn2C. The third kappa shape index (κ3) is 3.04. The lowest BCUT2D eigenvalue weighted by Gasteiger charge is -2.25. The fourth-order valence-corrected chi connectivity index (χ4v) is 2.29. The Hall–Kier alpha value is -1.62. The van der Waals surface area contributed by atoms with Crippen LogP contribution in [-0.2, 0) is 7.05 Å². The summed E-state index contributed by atoms with van der Waals surface area (Å²) in [6.07, 6.45) is 4.67. The van der Waals surface area contributed by atoms with Gasteiger partial charge in [-0.05, 0) is 24.9 Å². The number of imidazole rings is 1. The number of hydrogen-bond donors (Lipinski definition) is 1. The summed E-state index contributed by atoms with van der Waals surface area (Å²) in [5.41, 5.74) is 7.73. The molecule has 2 heterocycles. The van der Waals surface area contributed by atoms with Crippen LogP contribution in [0.25, 0.3) is 11.0 Å². The highest BCUT2D eigenvalue weighted by molar-refractivity contribution is 5.86. The molecule has 0 radical (unpaired) electrons. The number of pyridine rings is 1. The van der Waals surface area contributed by atoms with E-state index >= 15 is 0 Å². The minimum absolute atomic E-state index is 0.582. The average molecular weight is 261 g/mol. The lowest BCUT2D eigenvalue weighted by atomic mass is 10.2. The van der Waals surface area contributed by atoms with Crippen molar-refractivity contribution in [2.45, 2.75) is 20.3 Å². The first kappa shape index (κ1) is 13.8. The quantitative estimate of drug-likeness (QED) is 0.861. The van der Waals surface area contributed by atoms with Crippen molar-refractivity contribution in [1.82, 2.24) is 14.5 Å². The summed E-state index contributed by atoms with van der Waals surface area (Å²) in [7, 11) is 2.01. The molecule has 5 nitrogen and oxygen atoms in total. The van der Waals surface area contributed by atoms with Crippen LogP contribution in [0.5, 0.6) is 0 Å². The summed E-state index contributed by atoms with van der Waals surface area (Å²) >= 11 is 0. The number of nitrogens with zero attached hydrogens (tertiary/aromatic N) is 4. The maximum absolute atomic E-state index is 5.64. The molecule has 0 atom stereocenters. The second-order valence-electron chi connectivity index (χ2n) is 5.34. The van der Waals surface area contributed by atoms with Crippen molar-refractivity contribution < 1.29 is 0 Å². The molecule has 0 aliphatic carbocycles. The van der Waals surface area contributed by atoms with Gasteiger partial charge in [0.05, 0.1) is 11.8 Å². The molecular formula is C14H23N5. The molecular weight excluding hydrogens is 238 g/mol. The minimum Gasteiger partial charge on any atom is -0.354 e. The zero-order valence-electron chi connectivity index (χ0n) is 12.0. The molecule has 0 aliphatic heterocycles. The molecule has 0 aromatic carbocycles. The van der Waals surface area contributed by atoms with Crippen molar-refractivity contribution in [3.05, 3.63) is 18.6 Å². The van der Waals surface area contributed by atoms with Crippen LogP contribution in [0, 0.1) is 5.92 Å². The van der Waals surface area contributed by atoms with Gasteiger partial charge in [-0.25, -0.2) is 9.97 Å². The largest absolute Gasteiger partial charge is 0.354 e. The third-order valence-corrected chi connectivity index (χ3v) is 3.14. The predicted octanol–water partition coefficient (Wildman–Crippen LogP) is 1.78. The lowest BCUT2D eigenvalue weighted by molar-refractivity contribution is 0.597. The highest BCUT2D eigenvalue weighted by Gasteiger charge is 2.15. The highest BCUT2D eigenvalue weighted by atomic mass is 15.2. The van der Waals surface area contributed by atoms with Gasteiger partial charge in [0.15, 0.2) is 5.82 Å². The van der Waals surface area contributed by atoms with Crippen molar-refractivity contribution in [1.29, 1.82) is 0 Å². The van der Waals surface area contributed by atoms with Gasteiger partial charge >= 0.3 is 0 Å². The first-order chi connectivity index (χ1) is 9.13. The Morgan fingerprint density at radius 3 is 2.84 bits per heavy atom. The Morgan fingerprint density at radius 2 is 2.16 bits per heavy atom. The van der Waals surface area contributed by atoms with Crippen LogP contribution in [0.1, 0.15) is 20.3 Å². The van der Waals surface area contributed by atoms with E-state index in [2.05, 4.69) is 28.7 Å². The van der Waals surface area contributed by atoms with E-state index in [1.165, 1.54) is 0 Å². The van der Waals surface area contributed by atoms with Crippen LogP contribution >= 0.6 is 0 Å². The zero-order chi connectivity index (χ0) is 13.8. The van der Waals surface area contributed by atoms with Crippen molar-refractivity contribution in [3.63, 3.8) is 0 Å². The molecule has 0 fully saturated rings. The summed E-state index contributed by atoms with van der Waals surface area (Å²) in [5.74, 6) is 1.55. The molecule has 0 spiro atoms. The topological polar surface area (TPSA) is 60.0 Å². The fraction of sp³-hybridized carbons (Fsp3) is 0.571. The number of nitrogens with two attached hydrogens (primary N) is 1. The Balaban J connectivity index is 2.37. The van der Waals surface area contributed by atoms with Gasteiger partial charge in [0, 0.05) is 26.3 Å². The first-order valence-electron chi connectivity index (χ1n) is 6.84. The molecule has 2 rings (SSSR count). The van der Waals surface area contributed by atoms with E-state index in [-0.39, 0.29) is 0 Å². The van der Waals surface area contributed by atoms with Crippen molar-refractivity contribution >= 4 is 16.9 Å². The summed E-state index contributed by atoms with van der Waals surface area (Å²) in [5, 5.41) is 0. The Labute approximate surface area is 114 Å². The number of rotatable bonds is 6. The fourth-order valence-electron chi connectivity index (χ4n) is 2.29. The van der Waals surface area contributed by atoms with Crippen molar-refractivity contribution in [3.8, 4) is 0 Å². The maximum Gasteiger partial charge on any atom is 0.156 e. The van der Waals surface area contributed by atoms with Crippen LogP contribution in [0.2, 0.25) is 0 Å². The van der Waals surface area contributed by atoms with Gasteiger partial charge in [-0.2, -0.15) is 0 Å². The summed E-state index contributed by atoms with van der Waals surface area (Å²) in [6.45, 7) is 7.04. The first-order valence-corrected chi connectivity index (χ1v) is 6.84. The molecule has 0 amide bonds. The smallest absolute Gasteiger partial charge is 0.156 e. The standard InChI is InChI=1S/C14H23N5/c1-11(2)9-19(8-4-6-15)14-13-12(5-7-16-14)18(3)10-17-13/h5,7,10-11H,4,6,8-9,15H2,1-3H3. The van der Waals surface area contributed by atoms with E-state index in [1.807, 2.05) is 30.2 Å². The second kappa shape index (κ2) is 6.02. The van der Waals surface area contributed by atoms with Crippen LogP contribution in [0.3, 0.4) is 0 Å². The Bertz CT molecular complexity index is 532. The monoisotopic (exact) mass is 261 g/mol. The summed E-state index contributed by atoms with van der Waals surface area (Å²) in [6, 6.07) is 2.00. The van der Waals surface area contributed by atoms with E-state index < -0.39 is 0 Å². The van der Waals surface area contributed by atoms with Crippen LogP contribution < -0.4 is 10.6 Å². The van der Waals surface area contributed by atoms with E-state index in [0.29, 0.717) is 12.5 Å². The van der Waals surface area contributed by atoms with Gasteiger partial charge in [0.25, 0.3) is 0 Å². The summed E-state index contributed by atoms with van der Waals surface area (Å²) in [4.78, 5) is 11.3. The van der Waals surface area contributed by atoms with E-state index in [0.717, 1.165) is 36.4 Å². The van der Waals surface area contributed by atoms with Crippen LogP contribution in [0.15, 0.2) is 18.6 Å². The summed E-state index contributed by atoms with van der Waals surface area (Å²) < 4.78 is 2.02. The number of anilines is 1. The van der Waals surface area contributed by atoms with Gasteiger partial charge in [-0.15, -0.1) is 0 Å². The van der Waals surface area contributed by atoms with Crippen LogP contribution in [0.4, 0.5) is 5.82 Å². The molecule has 2 aromatic rings. The van der Waals surface area contributed by atoms with Gasteiger partial charge in [-0.1, -0.05) is 13.8 Å². The van der Waals surface area contributed by atoms with E-state index in [9.17, 15) is 0 Å². The normalized spacial score (nSPS) is 11.4. The van der Waals surface area contributed by atoms with E-state index in [4.69, 9.17) is 5.73 Å². The van der Waals surface area contributed by atoms with Gasteiger partial charge < -0.3 is 15.2 Å². The molecule has 5 heteroatoms. The minimum atomic E-state index is 0.582. The van der Waals surface area contributed by atoms with Gasteiger partial charge in [0.1, 0.15) is 5.52 Å². The Morgan fingerprint density at radius 1 is 1.37 bits per heavy atom. The molecule has 0 aliphatic rings. The molecule has 104 valence electrons. The molecule has 2 aromatic heterocycles. The van der Waals surface area contributed by atoms with Crippen molar-refractivity contribution in [2.24, 2.45) is 18.7 Å². The molecule has 0 unspecified atom stereocenters. The lowest BCUT2D eigenvalue weighted by Crippen LogP contribution is -2.30. The second-order valence-corrected chi connectivity index (χ2v) is 5.34. The number of aromatic nitrogens is 3. The number of aryl methyl sites for hydroxylation is 1. The maximum atomic E-state index is 5.64. The van der Waals surface area contributed by atoms with Crippen LogP contribution in [-0.4, -0.2) is 34.2 Å². The highest BCUT2D eigenvalue weighted by Crippen LogP contribution is 2.23. The predicted molar refractivity (Wildman–Crippen MR) is 79.2 cm³/mol. The molecule has 0 saturated heterocycles. The molecule has 2 N–H and O–H groups in total. The zero-order valence-corrected chi connectivity index (χ0v) is 12.0. The number of hydrogen-bond acceptors (Lipinski definition) is 4. The molecule has 0 bridgehead atoms. The Kier molecular flexibility index (Phi) is 4.37. The average Bonchev–Trinajstić information content (AvgIpc) is 2.76. The van der Waals surface area contributed by atoms with Gasteiger partial charge in [-0.3, -0.25) is 0 Å². The molecule has 0 saturated carbocycles. The van der Waals surface area contributed by atoms with Gasteiger partial charge in [0.2, 0.25) is 0 Å².